The zero-order valence-electron chi connectivity index (χ0n) is 36.5. The number of hydrogen-bond acceptors (Lipinski definition) is 12. The lowest BCUT2D eigenvalue weighted by Crippen LogP contribution is -2.64. The quantitative estimate of drug-likeness (QED) is 0.0151. The maximum atomic E-state index is 12.8. The molecule has 0 heterocycles. The molecule has 1 aliphatic rings. The smallest absolute Gasteiger partial charge is 0.462 e. The molecule has 0 aliphatic heterocycles. The summed E-state index contributed by atoms with van der Waals surface area (Å²) in [7, 11) is -5.13. The number of allylic oxidation sites excluding steroid dienone is 10. The van der Waals surface area contributed by atoms with Crippen LogP contribution in [0.5, 0.6) is 0 Å². The molecular formula is C46H79O13P. The van der Waals surface area contributed by atoms with Gasteiger partial charge in [-0.05, 0) is 57.8 Å². The van der Waals surface area contributed by atoms with Gasteiger partial charge in [-0.25, -0.2) is 4.57 Å². The highest BCUT2D eigenvalue weighted by Gasteiger charge is 2.51. The van der Waals surface area contributed by atoms with Gasteiger partial charge in [0.05, 0.1) is 6.61 Å². The maximum absolute atomic E-state index is 12.8. The number of esters is 2. The van der Waals surface area contributed by atoms with Crippen LogP contribution in [0.3, 0.4) is 0 Å². The Morgan fingerprint density at radius 2 is 0.950 bits per heavy atom. The van der Waals surface area contributed by atoms with Crippen LogP contribution < -0.4 is 0 Å². The molecule has 1 fully saturated rings. The molecular weight excluding hydrogens is 791 g/mol. The van der Waals surface area contributed by atoms with E-state index >= 15 is 0 Å². The van der Waals surface area contributed by atoms with Crippen molar-refractivity contribution in [1.82, 2.24) is 0 Å². The standard InChI is InChI=1S/C46H79O13P/c1-3-5-7-9-11-13-15-17-18-19-20-21-22-23-25-27-29-31-33-35-40(48)58-38(36-56-39(47)34-32-30-28-26-24-16-14-12-10-8-6-4-2)37-57-60(54,55)59-46-44(52)42(50)41(49)43(51)45(46)53/h5,7,11,13,17-18,20-21,23,25,38,41-46,49-53H,3-4,6,8-10,12,14-16,19,22,24,26-37H2,1-2H3,(H,54,55)/b7-5-,13-11-,18-17-,21-20-,25-23-. The van der Waals surface area contributed by atoms with E-state index in [4.69, 9.17) is 18.5 Å². The van der Waals surface area contributed by atoms with Crippen molar-refractivity contribution < 1.29 is 63.1 Å². The third-order valence-electron chi connectivity index (χ3n) is 10.1. The van der Waals surface area contributed by atoms with Crippen molar-refractivity contribution >= 4 is 19.8 Å². The van der Waals surface area contributed by atoms with Crippen LogP contribution in [-0.2, 0) is 32.7 Å². The summed E-state index contributed by atoms with van der Waals surface area (Å²) in [5.74, 6) is -1.14. The summed E-state index contributed by atoms with van der Waals surface area (Å²) in [6, 6.07) is 0. The number of phosphoric ester groups is 1. The van der Waals surface area contributed by atoms with Crippen molar-refractivity contribution in [2.24, 2.45) is 0 Å². The van der Waals surface area contributed by atoms with Crippen molar-refractivity contribution in [3.05, 3.63) is 60.8 Å². The highest BCUT2D eigenvalue weighted by Crippen LogP contribution is 2.47. The molecule has 0 amide bonds. The molecule has 0 saturated heterocycles. The molecule has 0 aromatic carbocycles. The van der Waals surface area contributed by atoms with Gasteiger partial charge in [-0.1, -0.05) is 152 Å². The van der Waals surface area contributed by atoms with Gasteiger partial charge >= 0.3 is 19.8 Å². The van der Waals surface area contributed by atoms with E-state index in [1.165, 1.54) is 51.4 Å². The first kappa shape index (κ1) is 55.6. The number of aliphatic hydroxyl groups is 5. The van der Waals surface area contributed by atoms with Crippen LogP contribution in [0.2, 0.25) is 0 Å². The van der Waals surface area contributed by atoms with Gasteiger partial charge in [0.1, 0.15) is 43.2 Å². The summed E-state index contributed by atoms with van der Waals surface area (Å²) >= 11 is 0. The fourth-order valence-corrected chi connectivity index (χ4v) is 7.46. The van der Waals surface area contributed by atoms with E-state index < -0.39 is 75.7 Å². The molecule has 0 radical (unpaired) electrons. The van der Waals surface area contributed by atoms with Gasteiger partial charge in [0, 0.05) is 12.8 Å². The molecule has 0 spiro atoms. The Kier molecular flexibility index (Phi) is 33.4. The molecule has 1 aliphatic carbocycles. The number of aliphatic hydroxyl groups excluding tert-OH is 5. The first-order valence-corrected chi connectivity index (χ1v) is 24.1. The highest BCUT2D eigenvalue weighted by molar-refractivity contribution is 7.47. The SMILES string of the molecule is CC/C=C\C/C=C\C/C=C\C/C=C\C/C=C\CCCCCC(=O)OC(COC(=O)CCCCCCCCCCCCCC)COP(=O)(O)OC1C(O)C(O)C(O)C(O)C1O. The van der Waals surface area contributed by atoms with Gasteiger partial charge in [0.15, 0.2) is 6.10 Å². The van der Waals surface area contributed by atoms with Gasteiger partial charge < -0.3 is 39.9 Å². The summed E-state index contributed by atoms with van der Waals surface area (Å²) in [6.07, 6.45) is 29.9. The van der Waals surface area contributed by atoms with E-state index in [0.717, 1.165) is 70.6 Å². The molecule has 13 nitrogen and oxygen atoms in total. The van der Waals surface area contributed by atoms with Gasteiger partial charge in [-0.3, -0.25) is 18.6 Å². The minimum absolute atomic E-state index is 0.0564. The minimum atomic E-state index is -5.13. The van der Waals surface area contributed by atoms with Crippen LogP contribution in [0.15, 0.2) is 60.8 Å². The number of ether oxygens (including phenoxy) is 2. The zero-order valence-corrected chi connectivity index (χ0v) is 37.4. The normalized spacial score (nSPS) is 22.7. The van der Waals surface area contributed by atoms with E-state index in [0.29, 0.717) is 12.8 Å². The number of phosphoric acid groups is 1. The van der Waals surface area contributed by atoms with Crippen LogP contribution in [-0.4, -0.2) is 98.3 Å². The van der Waals surface area contributed by atoms with Crippen LogP contribution in [0.1, 0.15) is 162 Å². The largest absolute Gasteiger partial charge is 0.472 e. The lowest BCUT2D eigenvalue weighted by atomic mass is 9.85. The Bertz CT molecular complexity index is 1280. The average molecular weight is 871 g/mol. The lowest BCUT2D eigenvalue weighted by molar-refractivity contribution is -0.220. The average Bonchev–Trinajstić information content (AvgIpc) is 3.23. The first-order valence-electron chi connectivity index (χ1n) is 22.6. The molecule has 14 heteroatoms. The predicted molar refractivity (Wildman–Crippen MR) is 235 cm³/mol. The summed E-state index contributed by atoms with van der Waals surface area (Å²) < 4.78 is 33.5. The summed E-state index contributed by atoms with van der Waals surface area (Å²) in [6.45, 7) is 3.14. The maximum Gasteiger partial charge on any atom is 0.472 e. The number of carbonyl (C=O) groups excluding carboxylic acids is 2. The van der Waals surface area contributed by atoms with E-state index in [9.17, 15) is 44.6 Å². The summed E-state index contributed by atoms with van der Waals surface area (Å²) in [5.41, 5.74) is 0. The molecule has 1 saturated carbocycles. The number of hydrogen-bond donors (Lipinski definition) is 6. The molecule has 6 N–H and O–H groups in total. The molecule has 0 aromatic heterocycles. The third-order valence-corrected chi connectivity index (χ3v) is 11.1. The van der Waals surface area contributed by atoms with Crippen molar-refractivity contribution in [2.45, 2.75) is 204 Å². The van der Waals surface area contributed by atoms with Crippen LogP contribution in [0.25, 0.3) is 0 Å². The molecule has 0 bridgehead atoms. The fourth-order valence-electron chi connectivity index (χ4n) is 6.49. The highest BCUT2D eigenvalue weighted by atomic mass is 31.2. The van der Waals surface area contributed by atoms with Crippen molar-refractivity contribution in [3.8, 4) is 0 Å². The minimum Gasteiger partial charge on any atom is -0.462 e. The second-order valence-corrected chi connectivity index (χ2v) is 16.9. The predicted octanol–water partition coefficient (Wildman–Crippen LogP) is 8.55. The van der Waals surface area contributed by atoms with Gasteiger partial charge in [-0.15, -0.1) is 0 Å². The van der Waals surface area contributed by atoms with Crippen molar-refractivity contribution in [2.75, 3.05) is 13.2 Å². The molecule has 6 unspecified atom stereocenters. The molecule has 346 valence electrons. The zero-order chi connectivity index (χ0) is 44.3. The molecule has 1 rings (SSSR count). The van der Waals surface area contributed by atoms with Gasteiger partial charge in [-0.2, -0.15) is 0 Å². The van der Waals surface area contributed by atoms with Crippen LogP contribution in [0, 0.1) is 0 Å². The Hall–Kier alpha value is -2.45. The summed E-state index contributed by atoms with van der Waals surface area (Å²) in [5, 5.41) is 50.1. The molecule has 6 atom stereocenters. The molecule has 60 heavy (non-hydrogen) atoms. The lowest BCUT2D eigenvalue weighted by Gasteiger charge is -2.41. The Balaban J connectivity index is 2.50. The number of unbranched alkanes of at least 4 members (excludes halogenated alkanes) is 14. The number of carbonyl (C=O) groups is 2. The summed E-state index contributed by atoms with van der Waals surface area (Å²) in [4.78, 5) is 35.6. The first-order chi connectivity index (χ1) is 28.9. The fraction of sp³-hybridized carbons (Fsp3) is 0.739. The van der Waals surface area contributed by atoms with E-state index in [1.54, 1.807) is 0 Å². The Labute approximate surface area is 360 Å². The number of rotatable bonds is 36. The van der Waals surface area contributed by atoms with Crippen LogP contribution in [0.4, 0.5) is 0 Å². The monoisotopic (exact) mass is 871 g/mol. The third kappa shape index (κ3) is 28.2. The van der Waals surface area contributed by atoms with Gasteiger partial charge in [0.25, 0.3) is 0 Å². The Morgan fingerprint density at radius 3 is 1.45 bits per heavy atom. The second-order valence-electron chi connectivity index (χ2n) is 15.5. The van der Waals surface area contributed by atoms with E-state index in [2.05, 4.69) is 74.6 Å². The van der Waals surface area contributed by atoms with E-state index in [-0.39, 0.29) is 12.8 Å². The Morgan fingerprint density at radius 1 is 0.533 bits per heavy atom. The van der Waals surface area contributed by atoms with Crippen molar-refractivity contribution in [1.29, 1.82) is 0 Å². The van der Waals surface area contributed by atoms with E-state index in [1.807, 2.05) is 0 Å². The molecule has 0 aromatic rings. The second kappa shape index (κ2) is 36.1. The van der Waals surface area contributed by atoms with Crippen molar-refractivity contribution in [3.63, 3.8) is 0 Å². The van der Waals surface area contributed by atoms with Crippen LogP contribution >= 0.6 is 7.82 Å². The topological polar surface area (TPSA) is 210 Å². The van der Waals surface area contributed by atoms with Gasteiger partial charge in [0.2, 0.25) is 0 Å².